The smallest absolute Gasteiger partial charge is 0.265 e. The Balaban J connectivity index is 0.00000228. The molecule has 1 saturated heterocycles. The zero-order chi connectivity index (χ0) is 24.1. The molecule has 1 aliphatic rings. The highest BCUT2D eigenvalue weighted by atomic mass is 35.5. The molecule has 1 fully saturated rings. The van der Waals surface area contributed by atoms with Crippen molar-refractivity contribution in [1.82, 2.24) is 4.90 Å². The van der Waals surface area contributed by atoms with E-state index in [4.69, 9.17) is 10.5 Å². The van der Waals surface area contributed by atoms with E-state index in [0.29, 0.717) is 29.9 Å². The van der Waals surface area contributed by atoms with E-state index in [-0.39, 0.29) is 41.4 Å². The normalized spacial score (nSPS) is 12.4. The minimum absolute atomic E-state index is 0. The van der Waals surface area contributed by atoms with Gasteiger partial charge >= 0.3 is 0 Å². The van der Waals surface area contributed by atoms with Crippen molar-refractivity contribution in [3.8, 4) is 16.9 Å². The second-order valence-corrected chi connectivity index (χ2v) is 9.64. The van der Waals surface area contributed by atoms with Crippen molar-refractivity contribution in [2.45, 2.75) is 11.3 Å². The van der Waals surface area contributed by atoms with Gasteiger partial charge in [-0.2, -0.15) is 0 Å². The number of anilines is 2. The molecule has 1 amide bonds. The lowest BCUT2D eigenvalue weighted by Gasteiger charge is -2.31. The first-order valence-electron chi connectivity index (χ1n) is 11.1. The molecule has 0 spiro atoms. The van der Waals surface area contributed by atoms with Gasteiger partial charge in [0, 0.05) is 37.4 Å². The second kappa shape index (κ2) is 12.8. The summed E-state index contributed by atoms with van der Waals surface area (Å²) in [6.45, 7) is 2.57. The number of halogens is 2. The van der Waals surface area contributed by atoms with E-state index < -0.39 is 10.0 Å². The zero-order valence-corrected chi connectivity index (χ0v) is 22.2. The molecular weight excluding hydrogens is 523 g/mol. The average molecular weight is 554 g/mol. The number of hydrogen-bond acceptors (Lipinski definition) is 6. The minimum Gasteiger partial charge on any atom is -0.495 e. The highest BCUT2D eigenvalue weighted by molar-refractivity contribution is 7.92. The van der Waals surface area contributed by atoms with Crippen molar-refractivity contribution >= 4 is 52.1 Å². The molecule has 3 aromatic rings. The van der Waals surface area contributed by atoms with E-state index in [0.717, 1.165) is 30.8 Å². The molecule has 36 heavy (non-hydrogen) atoms. The van der Waals surface area contributed by atoms with Gasteiger partial charge in [-0.05, 0) is 60.0 Å². The van der Waals surface area contributed by atoms with E-state index in [1.165, 1.54) is 7.11 Å². The van der Waals surface area contributed by atoms with Crippen LogP contribution < -0.4 is 20.5 Å². The summed E-state index contributed by atoms with van der Waals surface area (Å²) in [5.41, 5.74) is 8.69. The monoisotopic (exact) mass is 552 g/mol. The van der Waals surface area contributed by atoms with Gasteiger partial charge in [0.25, 0.3) is 15.9 Å². The standard InChI is InChI=1S/C25H28N4O4S.2ClH/c1-33-23-10-9-19(18-5-2-6-20(15-18)25(30)29-13-4-14-29)16-24(23)34(31,32)28-22-8-3-7-21(17-22)27-12-11-26;;/h2-3,5-10,15-17,27-28H,4,11-14,26H2,1H3;2*1H. The van der Waals surface area contributed by atoms with Gasteiger partial charge in [-0.3, -0.25) is 9.52 Å². The third kappa shape index (κ3) is 6.61. The van der Waals surface area contributed by atoms with E-state index in [1.807, 2.05) is 12.1 Å². The molecule has 4 N–H and O–H groups in total. The number of amides is 1. The fraction of sp³-hybridized carbons (Fsp3) is 0.240. The molecule has 8 nitrogen and oxygen atoms in total. The highest BCUT2D eigenvalue weighted by Gasteiger charge is 2.23. The number of likely N-dealkylation sites (tertiary alicyclic amines) is 1. The van der Waals surface area contributed by atoms with Crippen LogP contribution in [-0.2, 0) is 10.0 Å². The molecule has 0 radical (unpaired) electrons. The van der Waals surface area contributed by atoms with Gasteiger partial charge in [-0.1, -0.05) is 24.3 Å². The lowest BCUT2D eigenvalue weighted by Crippen LogP contribution is -2.41. The lowest BCUT2D eigenvalue weighted by molar-refractivity contribution is 0.0652. The molecule has 1 aliphatic heterocycles. The average Bonchev–Trinajstić information content (AvgIpc) is 2.81. The Bertz CT molecular complexity index is 1300. The van der Waals surface area contributed by atoms with Gasteiger partial charge in [0.2, 0.25) is 0 Å². The predicted molar refractivity (Wildman–Crippen MR) is 148 cm³/mol. The molecule has 194 valence electrons. The number of carbonyl (C=O) groups is 1. The molecule has 0 saturated carbocycles. The summed E-state index contributed by atoms with van der Waals surface area (Å²) in [6.07, 6.45) is 1.02. The lowest BCUT2D eigenvalue weighted by atomic mass is 10.0. The third-order valence-corrected chi connectivity index (χ3v) is 7.03. The first-order chi connectivity index (χ1) is 16.4. The van der Waals surface area contributed by atoms with E-state index in [2.05, 4.69) is 10.0 Å². The van der Waals surface area contributed by atoms with Crippen LogP contribution in [-0.4, -0.2) is 52.5 Å². The maximum absolute atomic E-state index is 13.3. The number of rotatable bonds is 9. The van der Waals surface area contributed by atoms with Gasteiger partial charge in [-0.25, -0.2) is 8.42 Å². The Labute approximate surface area is 224 Å². The van der Waals surface area contributed by atoms with Crippen LogP contribution >= 0.6 is 24.8 Å². The minimum atomic E-state index is -3.96. The number of hydrogen-bond donors (Lipinski definition) is 3. The predicted octanol–water partition coefficient (Wildman–Crippen LogP) is 4.22. The summed E-state index contributed by atoms with van der Waals surface area (Å²) in [7, 11) is -2.53. The number of carbonyl (C=O) groups excluding carboxylic acids is 1. The first-order valence-corrected chi connectivity index (χ1v) is 12.5. The van der Waals surface area contributed by atoms with Crippen molar-refractivity contribution in [2.75, 3.05) is 43.3 Å². The Hall–Kier alpha value is -2.98. The van der Waals surface area contributed by atoms with E-state index in [9.17, 15) is 13.2 Å². The molecule has 11 heteroatoms. The molecule has 0 unspecified atom stereocenters. The summed E-state index contributed by atoms with van der Waals surface area (Å²) in [5, 5.41) is 3.13. The maximum Gasteiger partial charge on any atom is 0.265 e. The molecule has 0 bridgehead atoms. The number of sulfonamides is 1. The van der Waals surface area contributed by atoms with Crippen molar-refractivity contribution in [3.05, 3.63) is 72.3 Å². The van der Waals surface area contributed by atoms with E-state index >= 15 is 0 Å². The van der Waals surface area contributed by atoms with Crippen LogP contribution in [0.5, 0.6) is 5.75 Å². The zero-order valence-electron chi connectivity index (χ0n) is 19.8. The Morgan fingerprint density at radius 1 is 0.972 bits per heavy atom. The van der Waals surface area contributed by atoms with Crippen molar-refractivity contribution in [1.29, 1.82) is 0 Å². The van der Waals surface area contributed by atoms with Crippen molar-refractivity contribution in [2.24, 2.45) is 5.73 Å². The molecule has 0 aliphatic carbocycles. The van der Waals surface area contributed by atoms with Gasteiger partial charge in [-0.15, -0.1) is 24.8 Å². The Morgan fingerprint density at radius 3 is 2.33 bits per heavy atom. The van der Waals surface area contributed by atoms with Crippen LogP contribution in [0, 0.1) is 0 Å². The van der Waals surface area contributed by atoms with Crippen LogP contribution in [0.25, 0.3) is 11.1 Å². The van der Waals surface area contributed by atoms with Crippen molar-refractivity contribution in [3.63, 3.8) is 0 Å². The molecule has 3 aromatic carbocycles. The fourth-order valence-corrected chi connectivity index (χ4v) is 4.96. The Kier molecular flexibility index (Phi) is 10.4. The van der Waals surface area contributed by atoms with Crippen LogP contribution in [0.2, 0.25) is 0 Å². The second-order valence-electron chi connectivity index (χ2n) is 7.99. The largest absolute Gasteiger partial charge is 0.495 e. The molecule has 0 aromatic heterocycles. The van der Waals surface area contributed by atoms with Crippen molar-refractivity contribution < 1.29 is 17.9 Å². The van der Waals surface area contributed by atoms with Crippen LogP contribution in [0.3, 0.4) is 0 Å². The summed E-state index contributed by atoms with van der Waals surface area (Å²) in [5.74, 6) is 0.209. The highest BCUT2D eigenvalue weighted by Crippen LogP contribution is 2.32. The number of nitrogens with zero attached hydrogens (tertiary/aromatic N) is 1. The summed E-state index contributed by atoms with van der Waals surface area (Å²) in [6, 6.07) is 19.1. The van der Waals surface area contributed by atoms with Gasteiger partial charge in [0.15, 0.2) is 0 Å². The molecule has 1 heterocycles. The van der Waals surface area contributed by atoms with Crippen LogP contribution in [0.4, 0.5) is 11.4 Å². The first kappa shape index (κ1) is 29.3. The van der Waals surface area contributed by atoms with E-state index in [1.54, 1.807) is 59.5 Å². The molecule has 4 rings (SSSR count). The number of nitrogens with one attached hydrogen (secondary N) is 2. The number of ether oxygens (including phenoxy) is 1. The third-order valence-electron chi connectivity index (χ3n) is 5.63. The summed E-state index contributed by atoms with van der Waals surface area (Å²) >= 11 is 0. The summed E-state index contributed by atoms with van der Waals surface area (Å²) in [4.78, 5) is 14.4. The van der Waals surface area contributed by atoms with Crippen LogP contribution in [0.1, 0.15) is 16.8 Å². The SMILES string of the molecule is COc1ccc(-c2cccc(C(=O)N3CCC3)c2)cc1S(=O)(=O)Nc1cccc(NCCN)c1.Cl.Cl. The fourth-order valence-electron chi connectivity index (χ4n) is 3.72. The number of benzene rings is 3. The van der Waals surface area contributed by atoms with Crippen LogP contribution in [0.15, 0.2) is 71.6 Å². The number of methoxy groups -OCH3 is 1. The topological polar surface area (TPSA) is 114 Å². The molecular formula is C25H30Cl2N4O4S. The van der Waals surface area contributed by atoms with Gasteiger partial charge in [0.1, 0.15) is 10.6 Å². The van der Waals surface area contributed by atoms with Gasteiger partial charge < -0.3 is 20.7 Å². The summed E-state index contributed by atoms with van der Waals surface area (Å²) < 4.78 is 34.6. The van der Waals surface area contributed by atoms with Gasteiger partial charge in [0.05, 0.1) is 12.8 Å². The maximum atomic E-state index is 13.3. The quantitative estimate of drug-likeness (QED) is 0.366. The molecule has 0 atom stereocenters. The Morgan fingerprint density at radius 2 is 1.67 bits per heavy atom. The number of nitrogens with two attached hydrogens (primary N) is 1.